The van der Waals surface area contributed by atoms with Gasteiger partial charge in [0.1, 0.15) is 0 Å². The van der Waals surface area contributed by atoms with Crippen molar-refractivity contribution in [3.8, 4) is 0 Å². The summed E-state index contributed by atoms with van der Waals surface area (Å²) in [5.41, 5.74) is 7.36. The summed E-state index contributed by atoms with van der Waals surface area (Å²) in [4.78, 5) is 4.58. The normalized spacial score (nSPS) is 13.3. The van der Waals surface area contributed by atoms with Gasteiger partial charge in [0.25, 0.3) is 0 Å². The van der Waals surface area contributed by atoms with E-state index < -0.39 is 0 Å². The molecule has 0 unspecified atom stereocenters. The molecule has 3 nitrogen and oxygen atoms in total. The van der Waals surface area contributed by atoms with E-state index in [9.17, 15) is 0 Å². The second-order valence-corrected chi connectivity index (χ2v) is 6.43. The molecule has 0 saturated carbocycles. The number of nitrogens with one attached hydrogen (secondary N) is 1. The second kappa shape index (κ2) is 6.78. The molecule has 0 amide bonds. The molecule has 112 valence electrons. The molecule has 1 aromatic carbocycles. The van der Waals surface area contributed by atoms with Crippen LogP contribution in [-0.4, -0.2) is 18.0 Å². The van der Waals surface area contributed by atoms with E-state index in [4.69, 9.17) is 5.73 Å². The van der Waals surface area contributed by atoms with E-state index in [0.29, 0.717) is 5.96 Å². The van der Waals surface area contributed by atoms with Crippen LogP contribution in [0.4, 0.5) is 0 Å². The van der Waals surface area contributed by atoms with Crippen LogP contribution in [0.15, 0.2) is 35.3 Å². The van der Waals surface area contributed by atoms with E-state index in [-0.39, 0.29) is 11.0 Å². The molecule has 0 aromatic heterocycles. The van der Waals surface area contributed by atoms with Gasteiger partial charge >= 0.3 is 0 Å². The van der Waals surface area contributed by atoms with Gasteiger partial charge in [-0.1, -0.05) is 44.2 Å². The first-order chi connectivity index (χ1) is 9.33. The van der Waals surface area contributed by atoms with Crippen LogP contribution in [0, 0.1) is 0 Å². The maximum Gasteiger partial charge on any atom is 0.189 e. The SMILES string of the molecule is CCC(CC)(CN=C(N)NC(C)(C)C)c1ccccc1. The summed E-state index contributed by atoms with van der Waals surface area (Å²) in [7, 11) is 0. The zero-order chi connectivity index (χ0) is 15.2. The Morgan fingerprint density at radius 3 is 2.10 bits per heavy atom. The van der Waals surface area contributed by atoms with Crippen molar-refractivity contribution in [1.29, 1.82) is 0 Å². The van der Waals surface area contributed by atoms with Crippen molar-refractivity contribution in [2.24, 2.45) is 10.7 Å². The van der Waals surface area contributed by atoms with Crippen LogP contribution in [0.2, 0.25) is 0 Å². The molecule has 0 atom stereocenters. The number of nitrogens with zero attached hydrogens (tertiary/aromatic N) is 1. The summed E-state index contributed by atoms with van der Waals surface area (Å²) in [6, 6.07) is 10.6. The fourth-order valence-corrected chi connectivity index (χ4v) is 2.43. The van der Waals surface area contributed by atoms with Gasteiger partial charge < -0.3 is 11.1 Å². The molecule has 1 rings (SSSR count). The Kier molecular flexibility index (Phi) is 5.61. The van der Waals surface area contributed by atoms with Crippen LogP contribution in [-0.2, 0) is 5.41 Å². The van der Waals surface area contributed by atoms with Gasteiger partial charge in [-0.2, -0.15) is 0 Å². The molecule has 0 aliphatic rings. The Labute approximate surface area is 123 Å². The summed E-state index contributed by atoms with van der Waals surface area (Å²) in [5.74, 6) is 0.528. The molecule has 0 aliphatic carbocycles. The van der Waals surface area contributed by atoms with Crippen LogP contribution in [0.5, 0.6) is 0 Å². The zero-order valence-electron chi connectivity index (χ0n) is 13.5. The minimum atomic E-state index is -0.0541. The molecule has 1 aromatic rings. The highest BCUT2D eigenvalue weighted by Gasteiger charge is 2.28. The van der Waals surface area contributed by atoms with Crippen LogP contribution < -0.4 is 11.1 Å². The average molecular weight is 275 g/mol. The Balaban J connectivity index is 2.91. The van der Waals surface area contributed by atoms with E-state index in [1.165, 1.54) is 5.56 Å². The molecular weight excluding hydrogens is 246 g/mol. The van der Waals surface area contributed by atoms with Gasteiger partial charge in [-0.15, -0.1) is 0 Å². The molecule has 3 N–H and O–H groups in total. The molecule has 3 heteroatoms. The molecule has 0 radical (unpaired) electrons. The van der Waals surface area contributed by atoms with Gasteiger partial charge in [0, 0.05) is 11.0 Å². The Bertz CT molecular complexity index is 425. The highest BCUT2D eigenvalue weighted by Crippen LogP contribution is 2.31. The summed E-state index contributed by atoms with van der Waals surface area (Å²) < 4.78 is 0. The molecule has 0 aliphatic heterocycles. The summed E-state index contributed by atoms with van der Waals surface area (Å²) in [6.07, 6.45) is 2.11. The first kappa shape index (κ1) is 16.5. The van der Waals surface area contributed by atoms with Crippen LogP contribution in [0.1, 0.15) is 53.0 Å². The van der Waals surface area contributed by atoms with Crippen molar-refractivity contribution in [3.05, 3.63) is 35.9 Å². The van der Waals surface area contributed by atoms with E-state index in [1.807, 2.05) is 0 Å². The highest BCUT2D eigenvalue weighted by atomic mass is 15.1. The minimum Gasteiger partial charge on any atom is -0.370 e. The predicted molar refractivity (Wildman–Crippen MR) is 88.1 cm³/mol. The van der Waals surface area contributed by atoms with Crippen molar-refractivity contribution >= 4 is 5.96 Å². The molecule has 0 fully saturated rings. The third-order valence-electron chi connectivity index (χ3n) is 3.79. The molecule has 0 spiro atoms. The monoisotopic (exact) mass is 275 g/mol. The maximum absolute atomic E-state index is 5.99. The van der Waals surface area contributed by atoms with Gasteiger partial charge in [-0.3, -0.25) is 4.99 Å². The van der Waals surface area contributed by atoms with E-state index in [1.54, 1.807) is 0 Å². The number of aliphatic imine (C=N–C) groups is 1. The van der Waals surface area contributed by atoms with E-state index in [2.05, 4.69) is 75.3 Å². The summed E-state index contributed by atoms with van der Waals surface area (Å²) in [5, 5.41) is 3.22. The Morgan fingerprint density at radius 2 is 1.65 bits per heavy atom. The van der Waals surface area contributed by atoms with Crippen LogP contribution in [0.3, 0.4) is 0 Å². The van der Waals surface area contributed by atoms with Gasteiger partial charge in [-0.25, -0.2) is 0 Å². The topological polar surface area (TPSA) is 50.4 Å². The fourth-order valence-electron chi connectivity index (χ4n) is 2.43. The first-order valence-electron chi connectivity index (χ1n) is 7.46. The van der Waals surface area contributed by atoms with Gasteiger partial charge in [0.2, 0.25) is 0 Å². The number of guanidine groups is 1. The van der Waals surface area contributed by atoms with Crippen molar-refractivity contribution in [3.63, 3.8) is 0 Å². The van der Waals surface area contributed by atoms with Gasteiger partial charge in [0.05, 0.1) is 6.54 Å². The second-order valence-electron chi connectivity index (χ2n) is 6.43. The van der Waals surface area contributed by atoms with E-state index >= 15 is 0 Å². The van der Waals surface area contributed by atoms with Crippen molar-refractivity contribution in [2.45, 2.75) is 58.4 Å². The molecule has 0 bridgehead atoms. The molecular formula is C17H29N3. The Morgan fingerprint density at radius 1 is 1.10 bits per heavy atom. The lowest BCUT2D eigenvalue weighted by molar-refractivity contribution is 0.406. The number of benzene rings is 1. The smallest absolute Gasteiger partial charge is 0.189 e. The highest BCUT2D eigenvalue weighted by molar-refractivity contribution is 5.78. The number of rotatable bonds is 5. The third kappa shape index (κ3) is 4.55. The fraction of sp³-hybridized carbons (Fsp3) is 0.588. The zero-order valence-corrected chi connectivity index (χ0v) is 13.5. The van der Waals surface area contributed by atoms with Crippen LogP contribution >= 0.6 is 0 Å². The standard InChI is InChI=1S/C17H29N3/c1-6-17(7-2,14-11-9-8-10-12-14)13-19-15(18)20-16(3,4)5/h8-12H,6-7,13H2,1-5H3,(H3,18,19,20). The minimum absolute atomic E-state index is 0.0541. The summed E-state index contributed by atoms with van der Waals surface area (Å²) >= 11 is 0. The molecule has 0 heterocycles. The van der Waals surface area contributed by atoms with Crippen molar-refractivity contribution in [1.82, 2.24) is 5.32 Å². The van der Waals surface area contributed by atoms with Gasteiger partial charge in [-0.05, 0) is 39.2 Å². The lowest BCUT2D eigenvalue weighted by Gasteiger charge is -2.31. The number of hydrogen-bond donors (Lipinski definition) is 2. The number of hydrogen-bond acceptors (Lipinski definition) is 1. The van der Waals surface area contributed by atoms with E-state index in [0.717, 1.165) is 19.4 Å². The van der Waals surface area contributed by atoms with Crippen molar-refractivity contribution < 1.29 is 0 Å². The third-order valence-corrected chi connectivity index (χ3v) is 3.79. The number of nitrogens with two attached hydrogens (primary N) is 1. The molecule has 20 heavy (non-hydrogen) atoms. The lowest BCUT2D eigenvalue weighted by atomic mass is 9.76. The predicted octanol–water partition coefficient (Wildman–Crippen LogP) is 3.45. The van der Waals surface area contributed by atoms with Crippen molar-refractivity contribution in [2.75, 3.05) is 6.54 Å². The first-order valence-corrected chi connectivity index (χ1v) is 7.46. The van der Waals surface area contributed by atoms with Gasteiger partial charge in [0.15, 0.2) is 5.96 Å². The largest absolute Gasteiger partial charge is 0.370 e. The van der Waals surface area contributed by atoms with Crippen LogP contribution in [0.25, 0.3) is 0 Å². The lowest BCUT2D eigenvalue weighted by Crippen LogP contribution is -2.45. The summed E-state index contributed by atoms with van der Waals surface area (Å²) in [6.45, 7) is 11.4. The molecule has 0 saturated heterocycles. The quantitative estimate of drug-likeness (QED) is 0.639. The Hall–Kier alpha value is -1.51. The maximum atomic E-state index is 5.99. The average Bonchev–Trinajstić information content (AvgIpc) is 2.40.